The average Bonchev–Trinajstić information content (AvgIpc) is 3.52. The van der Waals surface area contributed by atoms with Gasteiger partial charge in [0.15, 0.2) is 11.6 Å². The Kier molecular flexibility index (Phi) is 4.79. The second kappa shape index (κ2) is 8.09. The molecule has 4 aromatic heterocycles. The number of fused-ring (bicyclic) bond motifs is 1. The molecule has 6 rings (SSSR count). The van der Waals surface area contributed by atoms with Crippen LogP contribution in [0.4, 0.5) is 5.82 Å². The zero-order chi connectivity index (χ0) is 22.2. The van der Waals surface area contributed by atoms with Crippen molar-refractivity contribution < 1.29 is 0 Å². The van der Waals surface area contributed by atoms with Crippen molar-refractivity contribution in [3.63, 3.8) is 0 Å². The van der Waals surface area contributed by atoms with Gasteiger partial charge in [-0.15, -0.1) is 5.10 Å². The van der Waals surface area contributed by atoms with E-state index in [2.05, 4.69) is 46.3 Å². The summed E-state index contributed by atoms with van der Waals surface area (Å²) in [6.07, 6.45) is 8.82. The highest BCUT2D eigenvalue weighted by Gasteiger charge is 2.20. The van der Waals surface area contributed by atoms with Crippen molar-refractivity contribution in [2.75, 3.05) is 18.0 Å². The predicted molar refractivity (Wildman–Crippen MR) is 125 cm³/mol. The summed E-state index contributed by atoms with van der Waals surface area (Å²) in [5, 5.41) is 17.4. The molecular weight excluding hydrogens is 414 g/mol. The number of nitrogens with zero attached hydrogens (tertiary/aromatic N) is 9. The van der Waals surface area contributed by atoms with Gasteiger partial charge in [-0.25, -0.2) is 4.68 Å². The minimum Gasteiger partial charge on any atom is -0.356 e. The molecule has 5 heterocycles. The fraction of sp³-hybridized carbons (Fsp3) is 0.250. The summed E-state index contributed by atoms with van der Waals surface area (Å²) in [6, 6.07) is 14.3. The van der Waals surface area contributed by atoms with Crippen LogP contribution in [0, 0.1) is 6.92 Å². The fourth-order valence-corrected chi connectivity index (χ4v) is 4.26. The average molecular weight is 438 g/mol. The zero-order valence-electron chi connectivity index (χ0n) is 18.3. The van der Waals surface area contributed by atoms with E-state index in [4.69, 9.17) is 20.2 Å². The monoisotopic (exact) mass is 437 g/mol. The van der Waals surface area contributed by atoms with E-state index in [0.717, 1.165) is 48.6 Å². The Morgan fingerprint density at radius 3 is 2.58 bits per heavy atom. The first-order valence-corrected chi connectivity index (χ1v) is 11.2. The van der Waals surface area contributed by atoms with Crippen LogP contribution in [0.15, 0.2) is 61.1 Å². The van der Waals surface area contributed by atoms with E-state index < -0.39 is 0 Å². The van der Waals surface area contributed by atoms with Gasteiger partial charge in [0.25, 0.3) is 5.78 Å². The quantitative estimate of drug-likeness (QED) is 0.423. The first kappa shape index (κ1) is 19.5. The Balaban J connectivity index is 1.47. The Morgan fingerprint density at radius 2 is 1.76 bits per heavy atom. The molecule has 0 spiro atoms. The first-order chi connectivity index (χ1) is 16.2. The Hall–Kier alpha value is -4.14. The summed E-state index contributed by atoms with van der Waals surface area (Å²) in [5.41, 5.74) is 4.00. The third-order valence-corrected chi connectivity index (χ3v) is 5.94. The van der Waals surface area contributed by atoms with Gasteiger partial charge in [0.2, 0.25) is 0 Å². The Morgan fingerprint density at radius 1 is 0.848 bits per heavy atom. The summed E-state index contributed by atoms with van der Waals surface area (Å²) in [5.74, 6) is 2.80. The number of anilines is 1. The Labute approximate surface area is 190 Å². The first-order valence-electron chi connectivity index (χ1n) is 11.2. The van der Waals surface area contributed by atoms with Crippen LogP contribution in [0.2, 0.25) is 0 Å². The van der Waals surface area contributed by atoms with Crippen LogP contribution in [0.3, 0.4) is 0 Å². The van der Waals surface area contributed by atoms with Crippen LogP contribution in [0.25, 0.3) is 34.2 Å². The van der Waals surface area contributed by atoms with Crippen molar-refractivity contribution in [1.29, 1.82) is 0 Å². The molecule has 33 heavy (non-hydrogen) atoms. The molecule has 0 saturated carbocycles. The van der Waals surface area contributed by atoms with Crippen LogP contribution in [0.5, 0.6) is 0 Å². The normalized spacial score (nSPS) is 14.2. The highest BCUT2D eigenvalue weighted by Crippen LogP contribution is 2.25. The maximum absolute atomic E-state index is 4.81. The molecule has 0 radical (unpaired) electrons. The van der Waals surface area contributed by atoms with Gasteiger partial charge in [0.05, 0.1) is 18.1 Å². The van der Waals surface area contributed by atoms with Gasteiger partial charge in [-0.1, -0.05) is 23.8 Å². The molecule has 1 saturated heterocycles. The molecule has 1 aromatic carbocycles. The van der Waals surface area contributed by atoms with Crippen molar-refractivity contribution >= 4 is 11.6 Å². The molecule has 1 aliphatic rings. The highest BCUT2D eigenvalue weighted by atomic mass is 15.4. The zero-order valence-corrected chi connectivity index (χ0v) is 18.3. The largest absolute Gasteiger partial charge is 0.356 e. The molecule has 0 aliphatic carbocycles. The van der Waals surface area contributed by atoms with Crippen molar-refractivity contribution in [2.45, 2.75) is 26.2 Å². The van der Waals surface area contributed by atoms with Gasteiger partial charge < -0.3 is 4.90 Å². The fourth-order valence-electron chi connectivity index (χ4n) is 4.26. The highest BCUT2D eigenvalue weighted by molar-refractivity contribution is 5.61. The van der Waals surface area contributed by atoms with E-state index >= 15 is 0 Å². The van der Waals surface area contributed by atoms with Crippen LogP contribution < -0.4 is 4.90 Å². The molecule has 0 bridgehead atoms. The van der Waals surface area contributed by atoms with E-state index in [1.165, 1.54) is 12.0 Å². The summed E-state index contributed by atoms with van der Waals surface area (Å²) >= 11 is 0. The van der Waals surface area contributed by atoms with Gasteiger partial charge in [-0.2, -0.15) is 29.8 Å². The molecule has 0 N–H and O–H groups in total. The summed E-state index contributed by atoms with van der Waals surface area (Å²) in [6.45, 7) is 4.05. The Bertz CT molecular complexity index is 1410. The molecule has 0 amide bonds. The minimum absolute atomic E-state index is 0.535. The van der Waals surface area contributed by atoms with E-state index in [1.54, 1.807) is 12.4 Å². The third kappa shape index (κ3) is 3.71. The standard InChI is InChI=1S/C24H23N9/c1-17-6-5-7-18(14-17)20-9-13-32(29-20)21-15-22(31-11-3-2-4-12-31)33-24(27-21)28-23(30-33)19-8-10-25-26-16-19/h5-10,13-16H,2-4,11-12H2,1H3. The van der Waals surface area contributed by atoms with E-state index in [0.29, 0.717) is 17.4 Å². The molecule has 9 heteroatoms. The molecule has 9 nitrogen and oxygen atoms in total. The van der Waals surface area contributed by atoms with Crippen LogP contribution >= 0.6 is 0 Å². The summed E-state index contributed by atoms with van der Waals surface area (Å²) in [7, 11) is 0. The number of benzene rings is 1. The van der Waals surface area contributed by atoms with Gasteiger partial charge in [-0.05, 0) is 44.4 Å². The molecule has 0 unspecified atom stereocenters. The van der Waals surface area contributed by atoms with Crippen molar-refractivity contribution in [3.05, 3.63) is 66.6 Å². The van der Waals surface area contributed by atoms with Crippen LogP contribution in [-0.4, -0.2) is 52.6 Å². The second-order valence-electron chi connectivity index (χ2n) is 8.31. The van der Waals surface area contributed by atoms with Crippen LogP contribution in [-0.2, 0) is 0 Å². The lowest BCUT2D eigenvalue weighted by Crippen LogP contribution is -2.31. The lowest BCUT2D eigenvalue weighted by Gasteiger charge is -2.28. The summed E-state index contributed by atoms with van der Waals surface area (Å²) < 4.78 is 3.64. The van der Waals surface area contributed by atoms with Gasteiger partial charge in [-0.3, -0.25) is 0 Å². The maximum Gasteiger partial charge on any atom is 0.256 e. The maximum atomic E-state index is 4.81. The van der Waals surface area contributed by atoms with E-state index in [1.807, 2.05) is 33.6 Å². The van der Waals surface area contributed by atoms with Gasteiger partial charge in [0.1, 0.15) is 5.82 Å². The summed E-state index contributed by atoms with van der Waals surface area (Å²) in [4.78, 5) is 11.9. The molecule has 0 atom stereocenters. The number of hydrogen-bond acceptors (Lipinski definition) is 7. The minimum atomic E-state index is 0.535. The van der Waals surface area contributed by atoms with Gasteiger partial charge >= 0.3 is 0 Å². The van der Waals surface area contributed by atoms with E-state index in [-0.39, 0.29) is 0 Å². The number of rotatable bonds is 4. The second-order valence-corrected chi connectivity index (χ2v) is 8.31. The number of piperidine rings is 1. The number of aryl methyl sites for hydroxylation is 1. The van der Waals surface area contributed by atoms with Crippen LogP contribution in [0.1, 0.15) is 24.8 Å². The third-order valence-electron chi connectivity index (χ3n) is 5.94. The smallest absolute Gasteiger partial charge is 0.256 e. The van der Waals surface area contributed by atoms with Crippen molar-refractivity contribution in [2.24, 2.45) is 0 Å². The van der Waals surface area contributed by atoms with E-state index in [9.17, 15) is 0 Å². The molecule has 164 valence electrons. The molecule has 1 aliphatic heterocycles. The number of aromatic nitrogens is 8. The topological polar surface area (TPSA) is 89.9 Å². The molecule has 1 fully saturated rings. The SMILES string of the molecule is Cc1cccc(-c2ccn(-c3cc(N4CCCCC4)n4nc(-c5ccnnc5)nc4n3)n2)c1. The lowest BCUT2D eigenvalue weighted by molar-refractivity contribution is 0.568. The molecular formula is C24H23N9. The van der Waals surface area contributed by atoms with Crippen molar-refractivity contribution in [3.8, 4) is 28.5 Å². The number of hydrogen-bond donors (Lipinski definition) is 0. The predicted octanol–water partition coefficient (Wildman–Crippen LogP) is 3.73. The van der Waals surface area contributed by atoms with Gasteiger partial charge in [0, 0.05) is 36.5 Å². The lowest BCUT2D eigenvalue weighted by atomic mass is 10.1. The molecule has 5 aromatic rings. The van der Waals surface area contributed by atoms with Crippen molar-refractivity contribution in [1.82, 2.24) is 39.6 Å².